The molecule has 0 aromatic carbocycles. The molecule has 1 atom stereocenters. The summed E-state index contributed by atoms with van der Waals surface area (Å²) in [5.74, 6) is 1.15. The Kier molecular flexibility index (Phi) is 5.62. The van der Waals surface area contributed by atoms with E-state index in [-0.39, 0.29) is 0 Å². The second-order valence-corrected chi connectivity index (χ2v) is 5.57. The topological polar surface area (TPSA) is 23.5 Å². The van der Waals surface area contributed by atoms with Crippen LogP contribution in [0.15, 0.2) is 0 Å². The number of hydrogen-bond donors (Lipinski definition) is 1. The molecule has 0 amide bonds. The van der Waals surface area contributed by atoms with Crippen molar-refractivity contribution in [3.63, 3.8) is 0 Å². The molecule has 1 rings (SSSR count). The lowest BCUT2D eigenvalue weighted by Gasteiger charge is -2.32. The SMILES string of the molecule is CC(C)CN(CC(C)CO)C1CCCC1. The van der Waals surface area contributed by atoms with Crippen molar-refractivity contribution in [2.45, 2.75) is 52.5 Å². The Hall–Kier alpha value is -0.0800. The molecule has 1 aliphatic carbocycles. The van der Waals surface area contributed by atoms with Crippen LogP contribution in [0, 0.1) is 11.8 Å². The molecule has 1 fully saturated rings. The molecule has 0 spiro atoms. The van der Waals surface area contributed by atoms with E-state index in [0.29, 0.717) is 12.5 Å². The Bertz CT molecular complexity index is 164. The smallest absolute Gasteiger partial charge is 0.0468 e. The molecular formula is C13H27NO. The first kappa shape index (κ1) is 13.0. The lowest BCUT2D eigenvalue weighted by atomic mass is 10.1. The fourth-order valence-corrected chi connectivity index (χ4v) is 2.57. The fourth-order valence-electron chi connectivity index (χ4n) is 2.57. The third-order valence-corrected chi connectivity index (χ3v) is 3.30. The maximum absolute atomic E-state index is 9.13. The molecule has 0 aromatic rings. The van der Waals surface area contributed by atoms with E-state index in [1.165, 1.54) is 32.2 Å². The van der Waals surface area contributed by atoms with E-state index in [9.17, 15) is 0 Å². The zero-order valence-electron chi connectivity index (χ0n) is 10.6. The second kappa shape index (κ2) is 6.49. The van der Waals surface area contributed by atoms with Gasteiger partial charge in [0, 0.05) is 25.7 Å². The van der Waals surface area contributed by atoms with Crippen molar-refractivity contribution in [2.75, 3.05) is 19.7 Å². The normalized spacial score (nSPS) is 20.4. The number of aliphatic hydroxyl groups excluding tert-OH is 1. The molecule has 0 saturated heterocycles. The van der Waals surface area contributed by atoms with Crippen LogP contribution >= 0.6 is 0 Å². The fraction of sp³-hybridized carbons (Fsp3) is 1.00. The summed E-state index contributed by atoms with van der Waals surface area (Å²) in [4.78, 5) is 2.61. The van der Waals surface area contributed by atoms with E-state index in [4.69, 9.17) is 5.11 Å². The zero-order valence-corrected chi connectivity index (χ0v) is 10.6. The van der Waals surface area contributed by atoms with Crippen LogP contribution < -0.4 is 0 Å². The summed E-state index contributed by atoms with van der Waals surface area (Å²) in [6, 6.07) is 0.793. The van der Waals surface area contributed by atoms with Crippen LogP contribution in [-0.4, -0.2) is 35.7 Å². The Morgan fingerprint density at radius 2 is 1.73 bits per heavy atom. The number of nitrogens with zero attached hydrogens (tertiary/aromatic N) is 1. The molecule has 2 nitrogen and oxygen atoms in total. The first-order chi connectivity index (χ1) is 7.13. The maximum atomic E-state index is 9.13. The Morgan fingerprint density at radius 3 is 2.20 bits per heavy atom. The Morgan fingerprint density at radius 1 is 1.13 bits per heavy atom. The molecule has 0 heterocycles. The van der Waals surface area contributed by atoms with Crippen molar-refractivity contribution < 1.29 is 5.11 Å². The minimum absolute atomic E-state index is 0.321. The van der Waals surface area contributed by atoms with Gasteiger partial charge in [-0.2, -0.15) is 0 Å². The van der Waals surface area contributed by atoms with Crippen molar-refractivity contribution in [1.29, 1.82) is 0 Å². The Labute approximate surface area is 94.7 Å². The van der Waals surface area contributed by atoms with Gasteiger partial charge in [-0.05, 0) is 24.7 Å². The lowest BCUT2D eigenvalue weighted by molar-refractivity contribution is 0.125. The van der Waals surface area contributed by atoms with Gasteiger partial charge in [0.15, 0.2) is 0 Å². The highest BCUT2D eigenvalue weighted by molar-refractivity contribution is 4.79. The maximum Gasteiger partial charge on any atom is 0.0468 e. The van der Waals surface area contributed by atoms with Gasteiger partial charge in [-0.3, -0.25) is 4.90 Å². The quantitative estimate of drug-likeness (QED) is 0.733. The van der Waals surface area contributed by atoms with Crippen LogP contribution in [0.1, 0.15) is 46.5 Å². The Balaban J connectivity index is 2.43. The zero-order chi connectivity index (χ0) is 11.3. The van der Waals surface area contributed by atoms with Gasteiger partial charge >= 0.3 is 0 Å². The molecule has 0 radical (unpaired) electrons. The highest BCUT2D eigenvalue weighted by Gasteiger charge is 2.23. The van der Waals surface area contributed by atoms with E-state index < -0.39 is 0 Å². The summed E-state index contributed by atoms with van der Waals surface area (Å²) in [7, 11) is 0. The van der Waals surface area contributed by atoms with Crippen molar-refractivity contribution in [3.8, 4) is 0 Å². The van der Waals surface area contributed by atoms with Gasteiger partial charge in [-0.15, -0.1) is 0 Å². The highest BCUT2D eigenvalue weighted by atomic mass is 16.3. The van der Waals surface area contributed by atoms with Gasteiger partial charge in [-0.1, -0.05) is 33.6 Å². The van der Waals surface area contributed by atoms with Gasteiger partial charge < -0.3 is 5.11 Å². The summed E-state index contributed by atoms with van der Waals surface area (Å²) in [5, 5.41) is 9.13. The predicted molar refractivity (Wildman–Crippen MR) is 64.9 cm³/mol. The molecule has 0 aliphatic heterocycles. The van der Waals surface area contributed by atoms with Gasteiger partial charge in [0.25, 0.3) is 0 Å². The van der Waals surface area contributed by atoms with E-state index in [1.807, 2.05) is 0 Å². The highest BCUT2D eigenvalue weighted by Crippen LogP contribution is 2.24. The van der Waals surface area contributed by atoms with Gasteiger partial charge in [0.2, 0.25) is 0 Å². The molecule has 0 bridgehead atoms. The first-order valence-corrected chi connectivity index (χ1v) is 6.48. The van der Waals surface area contributed by atoms with E-state index in [0.717, 1.165) is 18.5 Å². The summed E-state index contributed by atoms with van der Waals surface area (Å²) in [6.45, 7) is 9.29. The third-order valence-electron chi connectivity index (χ3n) is 3.30. The van der Waals surface area contributed by atoms with Crippen molar-refractivity contribution in [1.82, 2.24) is 4.90 Å². The minimum atomic E-state index is 0.321. The van der Waals surface area contributed by atoms with Crippen LogP contribution in [0.5, 0.6) is 0 Å². The van der Waals surface area contributed by atoms with Crippen molar-refractivity contribution >= 4 is 0 Å². The molecule has 15 heavy (non-hydrogen) atoms. The molecular weight excluding hydrogens is 186 g/mol. The van der Waals surface area contributed by atoms with Gasteiger partial charge in [-0.25, -0.2) is 0 Å². The van der Waals surface area contributed by atoms with Crippen LogP contribution in [-0.2, 0) is 0 Å². The second-order valence-electron chi connectivity index (χ2n) is 5.57. The minimum Gasteiger partial charge on any atom is -0.396 e. The number of hydrogen-bond acceptors (Lipinski definition) is 2. The predicted octanol–water partition coefficient (Wildman–Crippen LogP) is 2.52. The molecule has 1 N–H and O–H groups in total. The first-order valence-electron chi connectivity index (χ1n) is 6.48. The summed E-state index contributed by atoms with van der Waals surface area (Å²) in [6.07, 6.45) is 5.52. The summed E-state index contributed by atoms with van der Waals surface area (Å²) in [5.41, 5.74) is 0. The summed E-state index contributed by atoms with van der Waals surface area (Å²) >= 11 is 0. The van der Waals surface area contributed by atoms with Crippen LogP contribution in [0.25, 0.3) is 0 Å². The third kappa shape index (κ3) is 4.52. The molecule has 2 heteroatoms. The average molecular weight is 213 g/mol. The largest absolute Gasteiger partial charge is 0.396 e. The molecule has 1 aliphatic rings. The van der Waals surface area contributed by atoms with E-state index in [2.05, 4.69) is 25.7 Å². The number of rotatable bonds is 6. The standard InChI is InChI=1S/C13H27NO/c1-11(2)8-14(9-12(3)10-15)13-6-4-5-7-13/h11-13,15H,4-10H2,1-3H3. The molecule has 1 saturated carbocycles. The summed E-state index contributed by atoms with van der Waals surface area (Å²) < 4.78 is 0. The molecule has 90 valence electrons. The molecule has 1 unspecified atom stereocenters. The number of aliphatic hydroxyl groups is 1. The van der Waals surface area contributed by atoms with E-state index >= 15 is 0 Å². The monoisotopic (exact) mass is 213 g/mol. The van der Waals surface area contributed by atoms with Crippen LogP contribution in [0.3, 0.4) is 0 Å². The lowest BCUT2D eigenvalue weighted by Crippen LogP contribution is -2.39. The van der Waals surface area contributed by atoms with Gasteiger partial charge in [0.05, 0.1) is 0 Å². The average Bonchev–Trinajstić information content (AvgIpc) is 2.68. The van der Waals surface area contributed by atoms with Crippen molar-refractivity contribution in [3.05, 3.63) is 0 Å². The van der Waals surface area contributed by atoms with Gasteiger partial charge in [0.1, 0.15) is 0 Å². The van der Waals surface area contributed by atoms with E-state index in [1.54, 1.807) is 0 Å². The van der Waals surface area contributed by atoms with Crippen LogP contribution in [0.2, 0.25) is 0 Å². The molecule has 0 aromatic heterocycles. The van der Waals surface area contributed by atoms with Crippen molar-refractivity contribution in [2.24, 2.45) is 11.8 Å². The van der Waals surface area contributed by atoms with Crippen LogP contribution in [0.4, 0.5) is 0 Å².